The highest BCUT2D eigenvalue weighted by Crippen LogP contribution is 2.15. The van der Waals surface area contributed by atoms with Crippen LogP contribution in [-0.4, -0.2) is 265 Å². The summed E-state index contributed by atoms with van der Waals surface area (Å²) in [5.41, 5.74) is 0. The first-order valence-corrected chi connectivity index (χ1v) is 31.8. The maximum absolute atomic E-state index is 5.74. The summed E-state index contributed by atoms with van der Waals surface area (Å²) in [7, 11) is 3.30. The van der Waals surface area contributed by atoms with Crippen molar-refractivity contribution in [2.24, 2.45) is 0 Å². The summed E-state index contributed by atoms with van der Waals surface area (Å²) in [5.74, 6) is 0. The molecule has 20 nitrogen and oxygen atoms in total. The van der Waals surface area contributed by atoms with Crippen molar-refractivity contribution in [3.63, 3.8) is 0 Å². The van der Waals surface area contributed by atoms with E-state index in [0.717, 1.165) is 26.1 Å². The lowest BCUT2D eigenvalue weighted by Crippen LogP contribution is -2.15. The van der Waals surface area contributed by atoms with Crippen LogP contribution in [0.2, 0.25) is 0 Å². The Labute approximate surface area is 493 Å². The van der Waals surface area contributed by atoms with Gasteiger partial charge >= 0.3 is 0 Å². The van der Waals surface area contributed by atoms with Crippen molar-refractivity contribution in [2.45, 2.75) is 135 Å². The van der Waals surface area contributed by atoms with Gasteiger partial charge in [-0.05, 0) is 12.8 Å². The van der Waals surface area contributed by atoms with E-state index in [4.69, 9.17) is 94.7 Å². The van der Waals surface area contributed by atoms with Crippen LogP contribution in [-0.2, 0) is 94.7 Å². The van der Waals surface area contributed by atoms with Gasteiger partial charge in [0.25, 0.3) is 0 Å². The molecule has 0 heterocycles. The molecule has 0 bridgehead atoms. The van der Waals surface area contributed by atoms with Crippen molar-refractivity contribution in [1.82, 2.24) is 0 Å². The molecule has 0 N–H and O–H groups in total. The molecular weight excluding hydrogens is 1050 g/mol. The molecule has 0 radical (unpaired) electrons. The van der Waals surface area contributed by atoms with Crippen molar-refractivity contribution < 1.29 is 94.7 Å². The normalized spacial score (nSPS) is 11.8. The molecular formula is C61H124O20. The van der Waals surface area contributed by atoms with Gasteiger partial charge in [0.1, 0.15) is 0 Å². The molecule has 0 unspecified atom stereocenters. The fourth-order valence-corrected chi connectivity index (χ4v) is 7.77. The van der Waals surface area contributed by atoms with Crippen molar-refractivity contribution in [3.05, 3.63) is 0 Å². The van der Waals surface area contributed by atoms with Gasteiger partial charge < -0.3 is 94.7 Å². The van der Waals surface area contributed by atoms with Crippen LogP contribution in [0.4, 0.5) is 0 Å². The maximum atomic E-state index is 5.74. The quantitative estimate of drug-likeness (QED) is 0.0526. The van der Waals surface area contributed by atoms with Gasteiger partial charge in [-0.1, -0.05) is 122 Å². The summed E-state index contributed by atoms with van der Waals surface area (Å²) in [5, 5.41) is 0. The number of rotatable bonds is 78. The van der Waals surface area contributed by atoms with E-state index in [-0.39, 0.29) is 0 Å². The Bertz CT molecular complexity index is 983. The van der Waals surface area contributed by atoms with Gasteiger partial charge in [0.2, 0.25) is 0 Å². The number of unbranched alkanes of at least 4 members (excludes halogenated alkanes) is 20. The lowest BCUT2D eigenvalue weighted by molar-refractivity contribution is -0.0259. The Balaban J connectivity index is 3.08. The summed E-state index contributed by atoms with van der Waals surface area (Å²) < 4.78 is 109. The molecule has 0 aliphatic carbocycles. The Morgan fingerprint density at radius 1 is 0.0988 bits per heavy atom. The fraction of sp³-hybridized carbons (Fsp3) is 1.00. The lowest BCUT2D eigenvalue weighted by Gasteiger charge is -2.09. The van der Waals surface area contributed by atoms with Crippen LogP contribution in [0.25, 0.3) is 0 Å². The summed E-state index contributed by atoms with van der Waals surface area (Å²) in [4.78, 5) is 0. The second-order valence-electron chi connectivity index (χ2n) is 19.4. The van der Waals surface area contributed by atoms with Crippen LogP contribution in [0.3, 0.4) is 0 Å². The predicted molar refractivity (Wildman–Crippen MR) is 315 cm³/mol. The van der Waals surface area contributed by atoms with Crippen LogP contribution in [0.15, 0.2) is 0 Å². The molecule has 0 aromatic carbocycles. The van der Waals surface area contributed by atoms with Gasteiger partial charge in [0, 0.05) is 27.4 Å². The predicted octanol–water partition coefficient (Wildman–Crippen LogP) is 8.77. The molecule has 0 aliphatic heterocycles. The lowest BCUT2D eigenvalue weighted by atomic mass is 10.0. The van der Waals surface area contributed by atoms with Gasteiger partial charge in [-0.2, -0.15) is 0 Å². The van der Waals surface area contributed by atoms with Crippen molar-refractivity contribution >= 4 is 0 Å². The standard InChI is InChI=1S/C61H124O20/c1-62-26-28-66-34-36-70-42-44-74-50-52-78-58-60-80-56-54-76-48-46-72-40-38-68-32-30-64-24-22-20-18-16-14-12-10-8-6-4-3-5-7-9-11-13-15-17-19-21-23-25-65-31-33-69-39-41-73-47-49-77-55-57-81-61-59-79-53-51-75-45-43-71-37-35-67-29-27-63-2/h3-61H2,1-2H3. The minimum atomic E-state index is 0.526. The number of methoxy groups -OCH3 is 2. The van der Waals surface area contributed by atoms with E-state index in [2.05, 4.69) is 0 Å². The second-order valence-corrected chi connectivity index (χ2v) is 19.4. The molecule has 0 spiro atoms. The van der Waals surface area contributed by atoms with E-state index >= 15 is 0 Å². The Kier molecular flexibility index (Phi) is 78.4. The average Bonchev–Trinajstić information content (AvgIpc) is 3.48. The molecule has 0 atom stereocenters. The van der Waals surface area contributed by atoms with E-state index in [1.54, 1.807) is 14.2 Å². The van der Waals surface area contributed by atoms with Gasteiger partial charge in [0.15, 0.2) is 0 Å². The van der Waals surface area contributed by atoms with Gasteiger partial charge in [-0.25, -0.2) is 0 Å². The third kappa shape index (κ3) is 79.2. The molecule has 0 aromatic heterocycles. The number of ether oxygens (including phenoxy) is 20. The zero-order chi connectivity index (χ0) is 57.9. The molecule has 20 heteroatoms. The van der Waals surface area contributed by atoms with E-state index in [1.807, 2.05) is 0 Å². The van der Waals surface area contributed by atoms with Gasteiger partial charge in [-0.15, -0.1) is 0 Å². The molecule has 0 saturated heterocycles. The van der Waals surface area contributed by atoms with E-state index < -0.39 is 0 Å². The average molecular weight is 1180 g/mol. The van der Waals surface area contributed by atoms with Crippen LogP contribution < -0.4 is 0 Å². The zero-order valence-electron chi connectivity index (χ0n) is 51.9. The summed E-state index contributed by atoms with van der Waals surface area (Å²) >= 11 is 0. The molecule has 81 heavy (non-hydrogen) atoms. The monoisotopic (exact) mass is 1180 g/mol. The van der Waals surface area contributed by atoms with E-state index in [0.29, 0.717) is 238 Å². The van der Waals surface area contributed by atoms with Crippen LogP contribution in [0, 0.1) is 0 Å². The smallest absolute Gasteiger partial charge is 0.0701 e. The molecule has 0 aromatic rings. The van der Waals surface area contributed by atoms with E-state index in [1.165, 1.54) is 122 Å². The minimum Gasteiger partial charge on any atom is -0.382 e. The van der Waals surface area contributed by atoms with Crippen molar-refractivity contribution in [2.75, 3.05) is 265 Å². The highest BCUT2D eigenvalue weighted by Gasteiger charge is 2.01. The fourth-order valence-electron chi connectivity index (χ4n) is 7.77. The molecule has 0 rings (SSSR count). The molecule has 0 fully saturated rings. The van der Waals surface area contributed by atoms with Gasteiger partial charge in [-0.3, -0.25) is 0 Å². The van der Waals surface area contributed by atoms with Gasteiger partial charge in [0.05, 0.1) is 238 Å². The Morgan fingerprint density at radius 3 is 0.296 bits per heavy atom. The highest BCUT2D eigenvalue weighted by molar-refractivity contribution is 4.52. The van der Waals surface area contributed by atoms with Crippen molar-refractivity contribution in [1.29, 1.82) is 0 Å². The van der Waals surface area contributed by atoms with E-state index in [9.17, 15) is 0 Å². The second kappa shape index (κ2) is 79.2. The Hall–Kier alpha value is -0.800. The topological polar surface area (TPSA) is 185 Å². The van der Waals surface area contributed by atoms with Crippen LogP contribution >= 0.6 is 0 Å². The van der Waals surface area contributed by atoms with Crippen LogP contribution in [0.1, 0.15) is 135 Å². The third-order valence-electron chi connectivity index (χ3n) is 12.4. The zero-order valence-corrected chi connectivity index (χ0v) is 51.9. The first kappa shape index (κ1) is 80.2. The third-order valence-corrected chi connectivity index (χ3v) is 12.4. The first-order valence-electron chi connectivity index (χ1n) is 31.8. The molecule has 488 valence electrons. The molecule has 0 saturated carbocycles. The highest BCUT2D eigenvalue weighted by atomic mass is 16.6. The largest absolute Gasteiger partial charge is 0.382 e. The van der Waals surface area contributed by atoms with Crippen LogP contribution in [0.5, 0.6) is 0 Å². The number of hydrogen-bond acceptors (Lipinski definition) is 20. The SMILES string of the molecule is COCCOCCOCCOCCOCCOCCOCCOCCOCCOCCCCCCCCCCCCCCCCCCCCCCCOCCOCCOCCOCCOCCOCCOCCOCCOCCOC. The first-order chi connectivity index (χ1) is 40.4. The number of hydrogen-bond donors (Lipinski definition) is 0. The molecule has 0 aliphatic rings. The minimum absolute atomic E-state index is 0.526. The Morgan fingerprint density at radius 2 is 0.185 bits per heavy atom. The summed E-state index contributed by atoms with van der Waals surface area (Å²) in [6.45, 7) is 21.6. The van der Waals surface area contributed by atoms with Crippen molar-refractivity contribution in [3.8, 4) is 0 Å². The molecule has 0 amide bonds. The maximum Gasteiger partial charge on any atom is 0.0701 e. The summed E-state index contributed by atoms with van der Waals surface area (Å²) in [6, 6.07) is 0. The summed E-state index contributed by atoms with van der Waals surface area (Å²) in [6.07, 6.45) is 28.4.